The van der Waals surface area contributed by atoms with Crippen LogP contribution in [0.25, 0.3) is 0 Å². The average molecular weight is 265 g/mol. The van der Waals surface area contributed by atoms with E-state index in [0.717, 1.165) is 12.0 Å². The number of benzene rings is 1. The molecule has 3 N–H and O–H groups in total. The first-order chi connectivity index (χ1) is 8.95. The lowest BCUT2D eigenvalue weighted by Crippen LogP contribution is -2.26. The van der Waals surface area contributed by atoms with Crippen LogP contribution in [-0.4, -0.2) is 24.3 Å². The van der Waals surface area contributed by atoms with Crippen molar-refractivity contribution in [2.75, 3.05) is 7.11 Å². The summed E-state index contributed by atoms with van der Waals surface area (Å²) in [5.41, 5.74) is 7.32. The maximum Gasteiger partial charge on any atom is 0.337 e. The van der Waals surface area contributed by atoms with Crippen LogP contribution in [0.4, 0.5) is 0 Å². The molecule has 4 nitrogen and oxygen atoms in total. The van der Waals surface area contributed by atoms with E-state index in [1.54, 1.807) is 24.3 Å². The summed E-state index contributed by atoms with van der Waals surface area (Å²) in [7, 11) is 1.34. The molecule has 0 aliphatic rings. The van der Waals surface area contributed by atoms with Gasteiger partial charge in [-0.1, -0.05) is 26.0 Å². The second kappa shape index (κ2) is 7.26. The summed E-state index contributed by atoms with van der Waals surface area (Å²) in [4.78, 5) is 11.3. The van der Waals surface area contributed by atoms with Crippen molar-refractivity contribution in [1.29, 1.82) is 0 Å². The van der Waals surface area contributed by atoms with Gasteiger partial charge in [-0.15, -0.1) is 0 Å². The van der Waals surface area contributed by atoms with Gasteiger partial charge < -0.3 is 15.6 Å². The van der Waals surface area contributed by atoms with Gasteiger partial charge in [0, 0.05) is 0 Å². The number of ether oxygens (including phenoxy) is 1. The van der Waals surface area contributed by atoms with Crippen LogP contribution in [0.3, 0.4) is 0 Å². The van der Waals surface area contributed by atoms with Crippen molar-refractivity contribution in [1.82, 2.24) is 0 Å². The van der Waals surface area contributed by atoms with E-state index in [4.69, 9.17) is 5.73 Å². The minimum Gasteiger partial charge on any atom is -0.465 e. The minimum absolute atomic E-state index is 0.375. The zero-order valence-corrected chi connectivity index (χ0v) is 11.8. The number of hydrogen-bond donors (Lipinski definition) is 2. The molecule has 0 aromatic heterocycles. The van der Waals surface area contributed by atoms with Gasteiger partial charge in [-0.2, -0.15) is 0 Å². The zero-order chi connectivity index (χ0) is 14.4. The van der Waals surface area contributed by atoms with Crippen LogP contribution in [-0.2, 0) is 4.74 Å². The summed E-state index contributed by atoms with van der Waals surface area (Å²) in [5, 5.41) is 10.0. The maximum absolute atomic E-state index is 11.3. The molecule has 0 aliphatic heterocycles. The highest BCUT2D eigenvalue weighted by atomic mass is 16.5. The van der Waals surface area contributed by atoms with E-state index in [0.29, 0.717) is 17.9 Å². The van der Waals surface area contributed by atoms with Crippen molar-refractivity contribution in [3.8, 4) is 0 Å². The molecule has 2 atom stereocenters. The summed E-state index contributed by atoms with van der Waals surface area (Å²) >= 11 is 0. The standard InChI is InChI=1S/C15H23NO3/c1-10(2)4-9-13(17)14(16)11-5-7-12(8-6-11)15(18)19-3/h5-8,10,13-14,17H,4,9,16H2,1-3H3/t13-,14+/m1/s1. The molecule has 0 fully saturated rings. The highest BCUT2D eigenvalue weighted by molar-refractivity contribution is 5.89. The maximum atomic E-state index is 11.3. The number of aliphatic hydroxyl groups is 1. The molecule has 0 spiro atoms. The summed E-state index contributed by atoms with van der Waals surface area (Å²) in [6.45, 7) is 4.23. The zero-order valence-electron chi connectivity index (χ0n) is 11.8. The first kappa shape index (κ1) is 15.7. The largest absolute Gasteiger partial charge is 0.465 e. The fraction of sp³-hybridized carbons (Fsp3) is 0.533. The summed E-state index contributed by atoms with van der Waals surface area (Å²) in [6, 6.07) is 6.42. The third-order valence-corrected chi connectivity index (χ3v) is 3.17. The van der Waals surface area contributed by atoms with Crippen LogP contribution in [0.2, 0.25) is 0 Å². The molecule has 0 aliphatic carbocycles. The van der Waals surface area contributed by atoms with Gasteiger partial charge in [-0.3, -0.25) is 0 Å². The Morgan fingerprint density at radius 1 is 1.26 bits per heavy atom. The molecule has 4 heteroatoms. The number of esters is 1. The van der Waals surface area contributed by atoms with Gasteiger partial charge in [0.1, 0.15) is 0 Å². The van der Waals surface area contributed by atoms with Crippen LogP contribution in [0.5, 0.6) is 0 Å². The Labute approximate surface area is 114 Å². The number of carbonyl (C=O) groups is 1. The van der Waals surface area contributed by atoms with Crippen molar-refractivity contribution < 1.29 is 14.6 Å². The monoisotopic (exact) mass is 265 g/mol. The Balaban J connectivity index is 2.66. The number of methoxy groups -OCH3 is 1. The SMILES string of the molecule is COC(=O)c1ccc([C@H](N)[C@H](O)CCC(C)C)cc1. The molecule has 1 aromatic rings. The van der Waals surface area contributed by atoms with E-state index in [1.165, 1.54) is 7.11 Å². The number of aliphatic hydroxyl groups excluding tert-OH is 1. The number of carbonyl (C=O) groups excluding carboxylic acids is 1. The molecule has 106 valence electrons. The van der Waals surface area contributed by atoms with Gasteiger partial charge in [-0.05, 0) is 36.5 Å². The fourth-order valence-electron chi connectivity index (χ4n) is 1.87. The fourth-order valence-corrected chi connectivity index (χ4v) is 1.87. The predicted octanol–water partition coefficient (Wildman–Crippen LogP) is 2.27. The van der Waals surface area contributed by atoms with E-state index in [9.17, 15) is 9.90 Å². The van der Waals surface area contributed by atoms with Gasteiger partial charge in [0.15, 0.2) is 0 Å². The minimum atomic E-state index is -0.564. The lowest BCUT2D eigenvalue weighted by Gasteiger charge is -2.20. The first-order valence-corrected chi connectivity index (χ1v) is 6.57. The predicted molar refractivity (Wildman–Crippen MR) is 74.8 cm³/mol. The molecule has 1 aromatic carbocycles. The summed E-state index contributed by atoms with van der Waals surface area (Å²) < 4.78 is 4.63. The molecule has 0 radical (unpaired) electrons. The molecular formula is C15H23NO3. The van der Waals surface area contributed by atoms with Gasteiger partial charge in [0.05, 0.1) is 24.8 Å². The van der Waals surface area contributed by atoms with Gasteiger partial charge in [0.2, 0.25) is 0 Å². The highest BCUT2D eigenvalue weighted by Gasteiger charge is 2.17. The Hall–Kier alpha value is -1.39. The summed E-state index contributed by atoms with van der Waals surface area (Å²) in [5.74, 6) is 0.170. The normalized spacial score (nSPS) is 14.2. The first-order valence-electron chi connectivity index (χ1n) is 6.57. The summed E-state index contributed by atoms with van der Waals surface area (Å²) in [6.07, 6.45) is 1.05. The molecule has 0 heterocycles. The number of nitrogens with two attached hydrogens (primary N) is 1. The van der Waals surface area contributed by atoms with Crippen LogP contribution in [0.1, 0.15) is 48.7 Å². The van der Waals surface area contributed by atoms with E-state index in [1.807, 2.05) is 0 Å². The molecule has 0 bridgehead atoms. The second-order valence-corrected chi connectivity index (χ2v) is 5.18. The van der Waals surface area contributed by atoms with Crippen molar-refractivity contribution >= 4 is 5.97 Å². The van der Waals surface area contributed by atoms with Crippen molar-refractivity contribution in [3.05, 3.63) is 35.4 Å². The number of rotatable bonds is 6. The molecule has 0 unspecified atom stereocenters. The Bertz CT molecular complexity index is 400. The average Bonchev–Trinajstić information content (AvgIpc) is 2.43. The Morgan fingerprint density at radius 2 is 1.84 bits per heavy atom. The van der Waals surface area contributed by atoms with E-state index >= 15 is 0 Å². The number of hydrogen-bond acceptors (Lipinski definition) is 4. The van der Waals surface area contributed by atoms with Crippen molar-refractivity contribution in [2.45, 2.75) is 38.8 Å². The van der Waals surface area contributed by atoms with Crippen LogP contribution in [0.15, 0.2) is 24.3 Å². The van der Waals surface area contributed by atoms with Gasteiger partial charge in [-0.25, -0.2) is 4.79 Å². The van der Waals surface area contributed by atoms with Crippen molar-refractivity contribution in [2.24, 2.45) is 11.7 Å². The van der Waals surface area contributed by atoms with Gasteiger partial charge >= 0.3 is 5.97 Å². The smallest absolute Gasteiger partial charge is 0.337 e. The highest BCUT2D eigenvalue weighted by Crippen LogP contribution is 2.20. The molecular weight excluding hydrogens is 242 g/mol. The topological polar surface area (TPSA) is 72.5 Å². The molecule has 19 heavy (non-hydrogen) atoms. The molecule has 0 saturated carbocycles. The van der Waals surface area contributed by atoms with Crippen LogP contribution >= 0.6 is 0 Å². The Kier molecular flexibility index (Phi) is 5.99. The second-order valence-electron chi connectivity index (χ2n) is 5.18. The van der Waals surface area contributed by atoms with E-state index in [2.05, 4.69) is 18.6 Å². The third-order valence-electron chi connectivity index (χ3n) is 3.17. The third kappa shape index (κ3) is 4.65. The van der Waals surface area contributed by atoms with Gasteiger partial charge in [0.25, 0.3) is 0 Å². The molecule has 0 amide bonds. The van der Waals surface area contributed by atoms with Crippen LogP contribution < -0.4 is 5.73 Å². The van der Waals surface area contributed by atoms with Crippen molar-refractivity contribution in [3.63, 3.8) is 0 Å². The van der Waals surface area contributed by atoms with E-state index < -0.39 is 12.1 Å². The quantitative estimate of drug-likeness (QED) is 0.774. The lowest BCUT2D eigenvalue weighted by molar-refractivity contribution is 0.0600. The molecule has 1 rings (SSSR count). The van der Waals surface area contributed by atoms with Crippen LogP contribution in [0, 0.1) is 5.92 Å². The Morgan fingerprint density at radius 3 is 2.32 bits per heavy atom. The van der Waals surface area contributed by atoms with E-state index in [-0.39, 0.29) is 5.97 Å². The molecule has 0 saturated heterocycles. The lowest BCUT2D eigenvalue weighted by atomic mass is 9.95.